The molecule has 22 rings (SSSR count). The summed E-state index contributed by atoms with van der Waals surface area (Å²) in [4.78, 5) is 42.2. The first-order valence-electron chi connectivity index (χ1n) is 39.3. The van der Waals surface area contributed by atoms with Gasteiger partial charge in [-0.15, -0.1) is 0 Å². The Hall–Kier alpha value is -13.7. The maximum absolute atomic E-state index is 6.40. The zero-order valence-corrected chi connectivity index (χ0v) is 65.9. The van der Waals surface area contributed by atoms with Crippen molar-refractivity contribution in [3.8, 4) is 0 Å². The number of rotatable bonds is 8. The molecular formula is C97H87N13O4. The molecule has 0 saturated heterocycles. The maximum Gasteiger partial charge on any atom is 0.178 e. The topological polar surface area (TPSA) is 143 Å². The molecule has 0 aliphatic carbocycles. The van der Waals surface area contributed by atoms with Crippen LogP contribution in [0.5, 0.6) is 0 Å². The predicted octanol–water partition coefficient (Wildman–Crippen LogP) is 25.2. The quantitative estimate of drug-likeness (QED) is 0.142. The van der Waals surface area contributed by atoms with Gasteiger partial charge in [0.1, 0.15) is 47.0 Å². The Morgan fingerprint density at radius 2 is 0.535 bits per heavy atom. The van der Waals surface area contributed by atoms with Crippen LogP contribution in [0.4, 0.5) is 80.3 Å². The monoisotopic (exact) mass is 1500 g/mol. The molecule has 0 bridgehead atoms. The van der Waals surface area contributed by atoms with Crippen molar-refractivity contribution in [3.63, 3.8) is 0 Å². The van der Waals surface area contributed by atoms with Crippen LogP contribution < -0.4 is 39.2 Å². The lowest BCUT2D eigenvalue weighted by Gasteiger charge is -2.33. The van der Waals surface area contributed by atoms with Crippen LogP contribution in [0, 0.1) is 27.7 Å². The fourth-order valence-electron chi connectivity index (χ4n) is 18.1. The Morgan fingerprint density at radius 1 is 0.246 bits per heavy atom. The number of anilines is 14. The van der Waals surface area contributed by atoms with Gasteiger partial charge in [0.2, 0.25) is 0 Å². The molecule has 0 saturated carbocycles. The highest BCUT2D eigenvalue weighted by atomic mass is 16.3. The maximum atomic E-state index is 6.40. The number of nitrogens with zero attached hydrogens (tertiary/aromatic N) is 13. The molecule has 17 heteroatoms. The molecule has 8 aromatic heterocycles. The van der Waals surface area contributed by atoms with E-state index in [4.69, 9.17) is 32.6 Å². The van der Waals surface area contributed by atoms with Gasteiger partial charge in [0.15, 0.2) is 51.4 Å². The molecule has 4 atom stereocenters. The first-order valence-corrected chi connectivity index (χ1v) is 39.3. The summed E-state index contributed by atoms with van der Waals surface area (Å²) in [5.41, 5.74) is 22.0. The van der Waals surface area contributed by atoms with Crippen LogP contribution in [0.15, 0.2) is 291 Å². The average molecular weight is 1500 g/mol. The fraction of sp³-hybridized carbons (Fsp3) is 0.186. The van der Waals surface area contributed by atoms with Crippen molar-refractivity contribution in [2.45, 2.75) is 120 Å². The van der Waals surface area contributed by atoms with Gasteiger partial charge in [0, 0.05) is 97.5 Å². The third-order valence-corrected chi connectivity index (χ3v) is 23.0. The molecule has 12 heterocycles. The number of aryl methyl sites for hydroxylation is 4. The molecule has 17 nitrogen and oxygen atoms in total. The summed E-state index contributed by atoms with van der Waals surface area (Å²) in [5, 5.41) is 9.15. The van der Waals surface area contributed by atoms with E-state index in [9.17, 15) is 0 Å². The molecular weight excluding hydrogens is 1410 g/mol. The van der Waals surface area contributed by atoms with Crippen molar-refractivity contribution in [1.29, 1.82) is 0 Å². The Balaban J connectivity index is 0.000000102. The van der Waals surface area contributed by atoms with Gasteiger partial charge < -0.3 is 47.1 Å². The Labute approximate surface area is 661 Å². The summed E-state index contributed by atoms with van der Waals surface area (Å²) in [6.07, 6.45) is 9.48. The van der Waals surface area contributed by atoms with Crippen LogP contribution in [0.3, 0.4) is 0 Å². The summed E-state index contributed by atoms with van der Waals surface area (Å²) in [6, 6.07) is 84.4. The van der Waals surface area contributed by atoms with Gasteiger partial charge in [-0.25, -0.2) is 24.9 Å². The number of para-hydroxylation sites is 6. The van der Waals surface area contributed by atoms with Crippen LogP contribution >= 0.6 is 0 Å². The smallest absolute Gasteiger partial charge is 0.178 e. The first-order chi connectivity index (χ1) is 55.6. The van der Waals surface area contributed by atoms with E-state index in [2.05, 4.69) is 296 Å². The second kappa shape index (κ2) is 28.3. The number of hydrogen-bond donors (Lipinski definition) is 0. The van der Waals surface area contributed by atoms with Gasteiger partial charge in [-0.1, -0.05) is 158 Å². The van der Waals surface area contributed by atoms with E-state index in [1.54, 1.807) is 12.4 Å². The first kappa shape index (κ1) is 70.7. The van der Waals surface area contributed by atoms with Crippen molar-refractivity contribution in [2.75, 3.05) is 39.2 Å². The number of fused-ring (bicyclic) bond motifs is 16. The van der Waals surface area contributed by atoms with Gasteiger partial charge >= 0.3 is 0 Å². The van der Waals surface area contributed by atoms with E-state index in [0.29, 0.717) is 12.1 Å². The number of pyridine rings is 3. The molecule has 0 N–H and O–H groups in total. The second-order valence-electron chi connectivity index (χ2n) is 30.5. The minimum atomic E-state index is 0.0508. The minimum absolute atomic E-state index is 0.0508. The van der Waals surface area contributed by atoms with Crippen molar-refractivity contribution >= 4 is 168 Å². The Kier molecular flexibility index (Phi) is 17.5. The van der Waals surface area contributed by atoms with Crippen molar-refractivity contribution in [2.24, 2.45) is 0 Å². The molecule has 0 radical (unpaired) electrons. The molecule has 4 unspecified atom stereocenters. The molecule has 4 aliphatic rings. The highest BCUT2D eigenvalue weighted by Crippen LogP contribution is 2.55. The third kappa shape index (κ3) is 11.4. The average Bonchev–Trinajstić information content (AvgIpc) is 1.59. The van der Waals surface area contributed by atoms with E-state index >= 15 is 0 Å². The number of furan rings is 4. The van der Waals surface area contributed by atoms with Crippen LogP contribution in [0.25, 0.3) is 87.8 Å². The summed E-state index contributed by atoms with van der Waals surface area (Å²) in [7, 11) is 0. The molecule has 10 aromatic carbocycles. The van der Waals surface area contributed by atoms with E-state index in [-0.39, 0.29) is 24.7 Å². The largest absolute Gasteiger partial charge is 0.454 e. The lowest BCUT2D eigenvalue weighted by atomic mass is 10.1. The van der Waals surface area contributed by atoms with Gasteiger partial charge in [-0.05, 0) is 190 Å². The summed E-state index contributed by atoms with van der Waals surface area (Å²) in [5.74, 6) is 4.75. The highest BCUT2D eigenvalue weighted by Gasteiger charge is 2.43. The van der Waals surface area contributed by atoms with Crippen molar-refractivity contribution < 1.29 is 17.7 Å². The minimum Gasteiger partial charge on any atom is -0.454 e. The molecule has 0 fully saturated rings. The summed E-state index contributed by atoms with van der Waals surface area (Å²) in [6.45, 7) is 26.3. The summed E-state index contributed by atoms with van der Waals surface area (Å²) < 4.78 is 25.5. The summed E-state index contributed by atoms with van der Waals surface area (Å²) >= 11 is 0. The Bertz CT molecular complexity index is 6310. The lowest BCUT2D eigenvalue weighted by molar-refractivity contribution is 0.598. The molecule has 0 amide bonds. The molecule has 114 heavy (non-hydrogen) atoms. The zero-order chi connectivity index (χ0) is 77.9. The van der Waals surface area contributed by atoms with Gasteiger partial charge in [-0.2, -0.15) is 0 Å². The van der Waals surface area contributed by atoms with Crippen molar-refractivity contribution in [1.82, 2.24) is 24.9 Å². The van der Waals surface area contributed by atoms with E-state index < -0.39 is 0 Å². The zero-order valence-electron chi connectivity index (χ0n) is 65.9. The van der Waals surface area contributed by atoms with E-state index in [1.165, 1.54) is 16.7 Å². The SMILES string of the molecule is Cc1ccc2c(oc3ccccc32)c1N1c2cccnc2N(C(C)C)C1C.Cc1ccc2c(oc3ccccc32)c1N1c2cccnc2N(c2ccccc2)C1C.Cc1ccc2c(oc3ccccc32)c1N1c2ncccc2N(c2ccccc2)C1C.Cc1ccc2c(oc3ccccc32)c1N1c2nccnc2N(C(C)C)C1C. The predicted molar refractivity (Wildman–Crippen MR) is 467 cm³/mol. The van der Waals surface area contributed by atoms with Crippen LogP contribution in [-0.4, -0.2) is 61.7 Å². The normalized spacial score (nSPS) is 16.3. The number of benzene rings is 10. The van der Waals surface area contributed by atoms with Crippen LogP contribution in [0.1, 0.15) is 77.6 Å². The standard InChI is InChI=1S/2C26H21N3O.C23H23N3O.C22H22N4O/c1-17-14-15-21-20-11-6-7-13-23(20)30-25(21)24(17)29-18(2)28(19-9-4-3-5-10-19)26-22(29)12-8-16-27-26;1-17-14-15-21-20-11-6-7-13-23(20)30-25(21)24(17)29-18(2)28(19-9-4-3-5-10-19)22-12-8-16-27-26(22)29;1-14(2)25-16(4)26(19-9-7-13-24-23(19)25)21-15(3)11-12-18-17-8-5-6-10-20(17)27-22(18)21;1-13(2)25-15(4)26(22-21(25)23-11-12-24-22)19-14(3)9-10-17-16-7-5-6-8-18(16)27-20(17)19/h2*3-16,18H,1-2H3;5-14,16H,1-4H3;5-13,15H,1-4H3. The fourth-order valence-corrected chi connectivity index (χ4v) is 18.1. The Morgan fingerprint density at radius 3 is 0.947 bits per heavy atom. The van der Waals surface area contributed by atoms with Gasteiger partial charge in [0.05, 0.1) is 39.8 Å². The number of aromatic nitrogens is 5. The molecule has 564 valence electrons. The lowest BCUT2D eigenvalue weighted by Crippen LogP contribution is -2.42. The second-order valence-corrected chi connectivity index (χ2v) is 30.5. The van der Waals surface area contributed by atoms with E-state index in [0.717, 1.165) is 174 Å². The van der Waals surface area contributed by atoms with E-state index in [1.807, 2.05) is 97.5 Å². The highest BCUT2D eigenvalue weighted by molar-refractivity contribution is 6.15. The van der Waals surface area contributed by atoms with Crippen molar-refractivity contribution in [3.05, 3.63) is 296 Å². The molecule has 18 aromatic rings. The molecule has 4 aliphatic heterocycles. The van der Waals surface area contributed by atoms with Gasteiger partial charge in [-0.3, -0.25) is 9.80 Å². The van der Waals surface area contributed by atoms with Crippen LogP contribution in [-0.2, 0) is 0 Å². The third-order valence-electron chi connectivity index (χ3n) is 23.0. The van der Waals surface area contributed by atoms with Crippen LogP contribution in [0.2, 0.25) is 0 Å². The van der Waals surface area contributed by atoms with Gasteiger partial charge in [0.25, 0.3) is 0 Å². The number of hydrogen-bond acceptors (Lipinski definition) is 17. The molecule has 0 spiro atoms.